The van der Waals surface area contributed by atoms with Gasteiger partial charge < -0.3 is 5.73 Å². The van der Waals surface area contributed by atoms with E-state index < -0.39 is 29.4 Å². The molecule has 1 aromatic carbocycles. The Labute approximate surface area is 88.0 Å². The lowest BCUT2D eigenvalue weighted by Crippen LogP contribution is -2.31. The van der Waals surface area contributed by atoms with Crippen LogP contribution in [0.2, 0.25) is 0 Å². The van der Waals surface area contributed by atoms with Gasteiger partial charge in [-0.2, -0.15) is 0 Å². The first-order chi connectivity index (χ1) is 7.49. The predicted molar refractivity (Wildman–Crippen MR) is 48.8 cm³/mol. The van der Waals surface area contributed by atoms with Gasteiger partial charge in [-0.15, -0.1) is 0 Å². The Morgan fingerprint density at radius 2 is 1.81 bits per heavy atom. The van der Waals surface area contributed by atoms with E-state index in [0.29, 0.717) is 12.1 Å². The molecule has 0 spiro atoms. The van der Waals surface area contributed by atoms with Gasteiger partial charge in [0, 0.05) is 11.6 Å². The maximum Gasteiger partial charge on any atom is 0.256 e. The number of halogens is 3. The van der Waals surface area contributed by atoms with Gasteiger partial charge in [0.05, 0.1) is 0 Å². The zero-order valence-corrected chi connectivity index (χ0v) is 7.80. The van der Waals surface area contributed by atoms with E-state index >= 15 is 0 Å². The Kier molecular flexibility index (Phi) is 2.30. The highest BCUT2D eigenvalue weighted by Gasteiger charge is 2.30. The molecule has 0 bridgehead atoms. The van der Waals surface area contributed by atoms with Gasteiger partial charge in [-0.1, -0.05) is 0 Å². The van der Waals surface area contributed by atoms with Crippen molar-refractivity contribution < 1.29 is 18.0 Å². The molecule has 0 aliphatic carbocycles. The molecule has 84 valence electrons. The molecule has 1 atom stereocenters. The molecule has 1 amide bonds. The lowest BCUT2D eigenvalue weighted by atomic mass is 10.1. The molecule has 16 heavy (non-hydrogen) atoms. The van der Waals surface area contributed by atoms with Gasteiger partial charge in [0.2, 0.25) is 0 Å². The van der Waals surface area contributed by atoms with Crippen LogP contribution in [0.3, 0.4) is 0 Å². The predicted octanol–water partition coefficient (Wildman–Crippen LogP) is 0.590. The second kappa shape index (κ2) is 3.51. The fourth-order valence-corrected chi connectivity index (χ4v) is 1.38. The molecular weight excluding hydrogens is 223 g/mol. The van der Waals surface area contributed by atoms with Crippen molar-refractivity contribution in [3.63, 3.8) is 0 Å². The maximum absolute atomic E-state index is 13.3. The zero-order chi connectivity index (χ0) is 11.9. The number of nitrogens with one attached hydrogen (secondary N) is 1. The fraction of sp³-hybridized carbons (Fsp3) is 0.111. The van der Waals surface area contributed by atoms with Crippen molar-refractivity contribution in [3.05, 3.63) is 35.1 Å². The third kappa shape index (κ3) is 1.60. The molecule has 7 heteroatoms. The highest BCUT2D eigenvalue weighted by Crippen LogP contribution is 2.25. The molecular formula is C9H6F3N3O. The van der Waals surface area contributed by atoms with Crippen molar-refractivity contribution in [2.75, 3.05) is 0 Å². The summed E-state index contributed by atoms with van der Waals surface area (Å²) in [5.41, 5.74) is 4.85. The van der Waals surface area contributed by atoms with E-state index in [1.165, 1.54) is 0 Å². The summed E-state index contributed by atoms with van der Waals surface area (Å²) >= 11 is 0. The van der Waals surface area contributed by atoms with Crippen molar-refractivity contribution in [2.24, 2.45) is 10.7 Å². The van der Waals surface area contributed by atoms with Crippen molar-refractivity contribution in [3.8, 4) is 0 Å². The number of benzene rings is 1. The summed E-state index contributed by atoms with van der Waals surface area (Å²) in [6, 6.07) is -0.311. The Bertz CT molecular complexity index is 501. The van der Waals surface area contributed by atoms with Gasteiger partial charge >= 0.3 is 0 Å². The summed E-state index contributed by atoms with van der Waals surface area (Å²) in [6.45, 7) is 0. The summed E-state index contributed by atoms with van der Waals surface area (Å²) in [5, 5.41) is 2.13. The van der Waals surface area contributed by atoms with Crippen LogP contribution < -0.4 is 11.1 Å². The minimum atomic E-state index is -1.32. The minimum absolute atomic E-state index is 0.181. The number of aliphatic imine (C=N–C) groups is 1. The van der Waals surface area contributed by atoms with Crippen LogP contribution in [0.4, 0.5) is 13.2 Å². The number of hydrogen-bond donors (Lipinski definition) is 2. The van der Waals surface area contributed by atoms with Crippen molar-refractivity contribution in [2.45, 2.75) is 6.04 Å². The Balaban J connectivity index is 2.49. The molecule has 1 aliphatic heterocycles. The number of nitrogens with two attached hydrogens (primary N) is 1. The van der Waals surface area contributed by atoms with Gasteiger partial charge in [0.15, 0.2) is 23.6 Å². The first kappa shape index (κ1) is 10.5. The maximum atomic E-state index is 13.3. The SMILES string of the molecule is NC1=NC(c2cc(F)c(F)cc2F)C(=O)N1. The lowest BCUT2D eigenvalue weighted by molar-refractivity contribution is -0.120. The van der Waals surface area contributed by atoms with Crippen LogP contribution in [0.25, 0.3) is 0 Å². The van der Waals surface area contributed by atoms with Crippen LogP contribution >= 0.6 is 0 Å². The molecule has 0 saturated carbocycles. The number of guanidine groups is 1. The number of nitrogens with zero attached hydrogens (tertiary/aromatic N) is 1. The normalized spacial score (nSPS) is 19.6. The first-order valence-corrected chi connectivity index (χ1v) is 4.27. The fourth-order valence-electron chi connectivity index (χ4n) is 1.38. The van der Waals surface area contributed by atoms with Crippen LogP contribution in [-0.4, -0.2) is 11.9 Å². The average molecular weight is 229 g/mol. The lowest BCUT2D eigenvalue weighted by Gasteiger charge is -2.06. The van der Waals surface area contributed by atoms with E-state index in [1.54, 1.807) is 0 Å². The summed E-state index contributed by atoms with van der Waals surface area (Å²) < 4.78 is 38.8. The smallest absolute Gasteiger partial charge is 0.256 e. The number of rotatable bonds is 1. The summed E-state index contributed by atoms with van der Waals surface area (Å²) in [4.78, 5) is 14.8. The molecule has 4 nitrogen and oxygen atoms in total. The third-order valence-electron chi connectivity index (χ3n) is 2.10. The van der Waals surface area contributed by atoms with E-state index in [2.05, 4.69) is 10.3 Å². The molecule has 2 rings (SSSR count). The van der Waals surface area contributed by atoms with Gasteiger partial charge in [-0.05, 0) is 6.07 Å². The minimum Gasteiger partial charge on any atom is -0.370 e. The van der Waals surface area contributed by atoms with E-state index in [0.717, 1.165) is 0 Å². The number of carbonyl (C=O) groups is 1. The number of amides is 1. The monoisotopic (exact) mass is 229 g/mol. The topological polar surface area (TPSA) is 67.5 Å². The summed E-state index contributed by atoms with van der Waals surface area (Å²) in [6.07, 6.45) is 0. The van der Waals surface area contributed by atoms with Crippen LogP contribution in [0, 0.1) is 17.5 Å². The molecule has 1 aliphatic rings. The van der Waals surface area contributed by atoms with Gasteiger partial charge in [0.1, 0.15) is 5.82 Å². The molecule has 3 N–H and O–H groups in total. The molecule has 0 radical (unpaired) electrons. The van der Waals surface area contributed by atoms with Crippen LogP contribution in [-0.2, 0) is 4.79 Å². The van der Waals surface area contributed by atoms with Crippen molar-refractivity contribution in [1.29, 1.82) is 0 Å². The molecule has 1 unspecified atom stereocenters. The van der Waals surface area contributed by atoms with E-state index in [4.69, 9.17) is 5.73 Å². The van der Waals surface area contributed by atoms with Gasteiger partial charge in [-0.25, -0.2) is 18.2 Å². The Hall–Kier alpha value is -2.05. The molecule has 1 heterocycles. The largest absolute Gasteiger partial charge is 0.370 e. The standard InChI is InChI=1S/C9H6F3N3O/c10-4-2-6(12)5(11)1-3(4)7-8(16)15-9(13)14-7/h1-2,7H,(H3,13,14,15,16). The number of hydrogen-bond acceptors (Lipinski definition) is 3. The summed E-state index contributed by atoms with van der Waals surface area (Å²) in [5.74, 6) is -4.47. The summed E-state index contributed by atoms with van der Waals surface area (Å²) in [7, 11) is 0. The molecule has 0 aromatic heterocycles. The number of carbonyl (C=O) groups excluding carboxylic acids is 1. The second-order valence-electron chi connectivity index (χ2n) is 3.19. The van der Waals surface area contributed by atoms with Gasteiger partial charge in [0.25, 0.3) is 5.91 Å². The highest BCUT2D eigenvalue weighted by molar-refractivity contribution is 6.04. The molecule has 0 fully saturated rings. The van der Waals surface area contributed by atoms with Gasteiger partial charge in [-0.3, -0.25) is 10.1 Å². The average Bonchev–Trinajstić information content (AvgIpc) is 2.51. The third-order valence-corrected chi connectivity index (χ3v) is 2.10. The van der Waals surface area contributed by atoms with E-state index in [-0.39, 0.29) is 11.5 Å². The van der Waals surface area contributed by atoms with Crippen molar-refractivity contribution in [1.82, 2.24) is 5.32 Å². The molecule has 0 saturated heterocycles. The quantitative estimate of drug-likeness (QED) is 0.692. The highest BCUT2D eigenvalue weighted by atomic mass is 19.2. The van der Waals surface area contributed by atoms with Crippen molar-refractivity contribution >= 4 is 11.9 Å². The van der Waals surface area contributed by atoms with Crippen LogP contribution in [0.5, 0.6) is 0 Å². The molecule has 1 aromatic rings. The van der Waals surface area contributed by atoms with E-state index in [1.807, 2.05) is 0 Å². The van der Waals surface area contributed by atoms with E-state index in [9.17, 15) is 18.0 Å². The Morgan fingerprint density at radius 1 is 1.19 bits per heavy atom. The second-order valence-corrected chi connectivity index (χ2v) is 3.19. The first-order valence-electron chi connectivity index (χ1n) is 4.27. The Morgan fingerprint density at radius 3 is 2.38 bits per heavy atom. The van der Waals surface area contributed by atoms with Crippen LogP contribution in [0.1, 0.15) is 11.6 Å². The zero-order valence-electron chi connectivity index (χ0n) is 7.80. The van der Waals surface area contributed by atoms with Crippen LogP contribution in [0.15, 0.2) is 17.1 Å².